The quantitative estimate of drug-likeness (QED) is 0.904. The number of amides is 1. The first-order valence-electron chi connectivity index (χ1n) is 7.92. The summed E-state index contributed by atoms with van der Waals surface area (Å²) in [5, 5.41) is 3.55. The van der Waals surface area contributed by atoms with E-state index in [0.717, 1.165) is 50.1 Å². The number of nitrogens with zero attached hydrogens (tertiary/aromatic N) is 2. The molecule has 1 N–H and O–H groups in total. The van der Waals surface area contributed by atoms with Gasteiger partial charge in [-0.1, -0.05) is 13.0 Å². The van der Waals surface area contributed by atoms with E-state index in [1.807, 2.05) is 48.2 Å². The van der Waals surface area contributed by atoms with Crippen LogP contribution in [-0.4, -0.2) is 50.6 Å². The second-order valence-electron chi connectivity index (χ2n) is 5.97. The van der Waals surface area contributed by atoms with Crippen molar-refractivity contribution < 1.29 is 4.79 Å². The molecule has 1 amide bonds. The molecule has 0 aliphatic carbocycles. The summed E-state index contributed by atoms with van der Waals surface area (Å²) in [4.78, 5) is 16.6. The second kappa shape index (κ2) is 7.46. The summed E-state index contributed by atoms with van der Waals surface area (Å²) < 4.78 is 0. The highest BCUT2D eigenvalue weighted by molar-refractivity contribution is 5.95. The molecule has 1 aliphatic heterocycles. The number of carbonyl (C=O) groups excluding carboxylic acids is 1. The molecule has 1 aromatic rings. The van der Waals surface area contributed by atoms with E-state index in [1.54, 1.807) is 0 Å². The van der Waals surface area contributed by atoms with Crippen LogP contribution in [0, 0.1) is 0 Å². The molecule has 0 atom stereocenters. The van der Waals surface area contributed by atoms with Crippen molar-refractivity contribution in [2.45, 2.75) is 32.2 Å². The van der Waals surface area contributed by atoms with E-state index in [0.29, 0.717) is 6.04 Å². The van der Waals surface area contributed by atoms with Gasteiger partial charge in [0, 0.05) is 44.5 Å². The van der Waals surface area contributed by atoms with E-state index in [9.17, 15) is 4.79 Å². The molecular formula is C17H27N3O. The lowest BCUT2D eigenvalue weighted by Crippen LogP contribution is -2.45. The molecule has 4 nitrogen and oxygen atoms in total. The number of hydrogen-bond donors (Lipinski definition) is 1. The van der Waals surface area contributed by atoms with E-state index < -0.39 is 0 Å². The van der Waals surface area contributed by atoms with Crippen molar-refractivity contribution in [3.05, 3.63) is 29.8 Å². The average molecular weight is 289 g/mol. The third-order valence-corrected chi connectivity index (χ3v) is 4.07. The topological polar surface area (TPSA) is 35.6 Å². The first kappa shape index (κ1) is 15.8. The second-order valence-corrected chi connectivity index (χ2v) is 5.97. The van der Waals surface area contributed by atoms with Gasteiger partial charge >= 0.3 is 0 Å². The van der Waals surface area contributed by atoms with Crippen molar-refractivity contribution in [1.82, 2.24) is 10.2 Å². The van der Waals surface area contributed by atoms with Crippen LogP contribution in [0.1, 0.15) is 36.5 Å². The van der Waals surface area contributed by atoms with Crippen LogP contribution in [-0.2, 0) is 0 Å². The van der Waals surface area contributed by atoms with E-state index in [4.69, 9.17) is 0 Å². The van der Waals surface area contributed by atoms with Crippen LogP contribution in [0.5, 0.6) is 0 Å². The summed E-state index contributed by atoms with van der Waals surface area (Å²) in [6.45, 7) is 4.96. The number of hydrogen-bond acceptors (Lipinski definition) is 3. The summed E-state index contributed by atoms with van der Waals surface area (Å²) in [6.07, 6.45) is 3.27. The first-order valence-corrected chi connectivity index (χ1v) is 7.92. The van der Waals surface area contributed by atoms with Crippen LogP contribution in [0.4, 0.5) is 5.69 Å². The van der Waals surface area contributed by atoms with Crippen molar-refractivity contribution in [2.75, 3.05) is 38.6 Å². The molecule has 1 aromatic carbocycles. The van der Waals surface area contributed by atoms with E-state index >= 15 is 0 Å². The SMILES string of the molecule is CCCNC1CCN(C(=O)c2cccc(N(C)C)c2)CC1. The fraction of sp³-hybridized carbons (Fsp3) is 0.588. The molecule has 1 aliphatic rings. The Morgan fingerprint density at radius 1 is 1.33 bits per heavy atom. The maximum absolute atomic E-state index is 12.6. The van der Waals surface area contributed by atoms with E-state index in [2.05, 4.69) is 12.2 Å². The molecule has 0 unspecified atom stereocenters. The fourth-order valence-corrected chi connectivity index (χ4v) is 2.73. The van der Waals surface area contributed by atoms with Crippen molar-refractivity contribution >= 4 is 11.6 Å². The van der Waals surface area contributed by atoms with Crippen LogP contribution >= 0.6 is 0 Å². The van der Waals surface area contributed by atoms with Crippen LogP contribution in [0.2, 0.25) is 0 Å². The summed E-state index contributed by atoms with van der Waals surface area (Å²) >= 11 is 0. The normalized spacial score (nSPS) is 16.0. The van der Waals surface area contributed by atoms with Gasteiger partial charge in [0.15, 0.2) is 0 Å². The van der Waals surface area contributed by atoms with E-state index in [-0.39, 0.29) is 5.91 Å². The Bertz CT molecular complexity index is 465. The van der Waals surface area contributed by atoms with Crippen molar-refractivity contribution in [3.63, 3.8) is 0 Å². The fourth-order valence-electron chi connectivity index (χ4n) is 2.73. The largest absolute Gasteiger partial charge is 0.378 e. The minimum atomic E-state index is 0.160. The van der Waals surface area contributed by atoms with Crippen molar-refractivity contribution in [1.29, 1.82) is 0 Å². The van der Waals surface area contributed by atoms with Gasteiger partial charge < -0.3 is 15.1 Å². The predicted molar refractivity (Wildman–Crippen MR) is 88.0 cm³/mol. The summed E-state index contributed by atoms with van der Waals surface area (Å²) in [5.74, 6) is 0.160. The molecule has 0 radical (unpaired) electrons. The third kappa shape index (κ3) is 4.21. The molecule has 0 saturated carbocycles. The van der Waals surface area contributed by atoms with Crippen LogP contribution in [0.25, 0.3) is 0 Å². The maximum atomic E-state index is 12.6. The van der Waals surface area contributed by atoms with Gasteiger partial charge in [0.05, 0.1) is 0 Å². The number of nitrogens with one attached hydrogen (secondary N) is 1. The highest BCUT2D eigenvalue weighted by Crippen LogP contribution is 2.18. The number of carbonyl (C=O) groups is 1. The van der Waals surface area contributed by atoms with Crippen LogP contribution < -0.4 is 10.2 Å². The van der Waals surface area contributed by atoms with Gasteiger partial charge in [-0.25, -0.2) is 0 Å². The number of piperidine rings is 1. The van der Waals surface area contributed by atoms with Crippen LogP contribution in [0.3, 0.4) is 0 Å². The lowest BCUT2D eigenvalue weighted by molar-refractivity contribution is 0.0705. The Hall–Kier alpha value is -1.55. The summed E-state index contributed by atoms with van der Waals surface area (Å²) in [5.41, 5.74) is 1.86. The monoisotopic (exact) mass is 289 g/mol. The van der Waals surface area contributed by atoms with Gasteiger partial charge in [-0.3, -0.25) is 4.79 Å². The maximum Gasteiger partial charge on any atom is 0.253 e. The molecule has 1 heterocycles. The number of benzene rings is 1. The van der Waals surface area contributed by atoms with Crippen molar-refractivity contribution in [2.24, 2.45) is 0 Å². The molecule has 0 aromatic heterocycles. The average Bonchev–Trinajstić information content (AvgIpc) is 2.53. The Labute approximate surface area is 128 Å². The zero-order chi connectivity index (χ0) is 15.2. The van der Waals surface area contributed by atoms with Gasteiger partial charge in [0.2, 0.25) is 0 Å². The Balaban J connectivity index is 1.94. The van der Waals surface area contributed by atoms with Gasteiger partial charge in [-0.2, -0.15) is 0 Å². The molecular weight excluding hydrogens is 262 g/mol. The lowest BCUT2D eigenvalue weighted by Gasteiger charge is -2.32. The van der Waals surface area contributed by atoms with Crippen LogP contribution in [0.15, 0.2) is 24.3 Å². The molecule has 1 fully saturated rings. The highest BCUT2D eigenvalue weighted by atomic mass is 16.2. The standard InChI is InChI=1S/C17H27N3O/c1-4-10-18-15-8-11-20(12-9-15)17(21)14-6-5-7-16(13-14)19(2)3/h5-7,13,15,18H,4,8-12H2,1-3H3. The molecule has 21 heavy (non-hydrogen) atoms. The molecule has 116 valence electrons. The smallest absolute Gasteiger partial charge is 0.253 e. The summed E-state index contributed by atoms with van der Waals surface area (Å²) in [7, 11) is 3.99. The molecule has 1 saturated heterocycles. The number of likely N-dealkylation sites (tertiary alicyclic amines) is 1. The van der Waals surface area contributed by atoms with Gasteiger partial charge in [0.25, 0.3) is 5.91 Å². The lowest BCUT2D eigenvalue weighted by atomic mass is 10.0. The molecule has 0 spiro atoms. The van der Waals surface area contributed by atoms with Gasteiger partial charge in [0.1, 0.15) is 0 Å². The summed E-state index contributed by atoms with van der Waals surface area (Å²) in [6, 6.07) is 8.44. The Morgan fingerprint density at radius 3 is 2.67 bits per heavy atom. The Kier molecular flexibility index (Phi) is 5.62. The van der Waals surface area contributed by atoms with Gasteiger partial charge in [-0.05, 0) is 44.0 Å². The Morgan fingerprint density at radius 2 is 2.05 bits per heavy atom. The third-order valence-electron chi connectivity index (χ3n) is 4.07. The minimum Gasteiger partial charge on any atom is -0.378 e. The molecule has 0 bridgehead atoms. The highest BCUT2D eigenvalue weighted by Gasteiger charge is 2.23. The molecule has 4 heteroatoms. The van der Waals surface area contributed by atoms with Gasteiger partial charge in [-0.15, -0.1) is 0 Å². The number of rotatable bonds is 5. The predicted octanol–water partition coefficient (Wildman–Crippen LogP) is 2.36. The number of anilines is 1. The first-order chi connectivity index (χ1) is 10.1. The minimum absolute atomic E-state index is 0.160. The molecule has 2 rings (SSSR count). The van der Waals surface area contributed by atoms with Crippen molar-refractivity contribution in [3.8, 4) is 0 Å². The zero-order valence-electron chi connectivity index (χ0n) is 13.4. The zero-order valence-corrected chi connectivity index (χ0v) is 13.4. The van der Waals surface area contributed by atoms with E-state index in [1.165, 1.54) is 0 Å².